The molecule has 0 atom stereocenters. The standard InChI is InChI=1S/C30H30F6O/c1-2-3-19-4-6-20(7-5-19)8-9-21-11-15-25-24(16-21)14-13-23(28(25)33)12-10-22-17-26(31)29(27(32)18-22)37-30(34,35)36/h2,11,13-20H,1,3-10,12H2. The molecule has 1 aliphatic carbocycles. The first-order chi connectivity index (χ1) is 17.6. The van der Waals surface area contributed by atoms with Crippen LogP contribution in [-0.2, 0) is 19.3 Å². The van der Waals surface area contributed by atoms with Crippen molar-refractivity contribution in [2.75, 3.05) is 0 Å². The molecule has 1 fully saturated rings. The number of hydrogen-bond acceptors (Lipinski definition) is 1. The summed E-state index contributed by atoms with van der Waals surface area (Å²) in [5.41, 5.74) is 1.64. The van der Waals surface area contributed by atoms with Gasteiger partial charge < -0.3 is 4.74 Å². The second kappa shape index (κ2) is 11.6. The van der Waals surface area contributed by atoms with Crippen molar-refractivity contribution in [3.05, 3.63) is 89.3 Å². The number of halogens is 6. The van der Waals surface area contributed by atoms with Crippen LogP contribution >= 0.6 is 0 Å². The van der Waals surface area contributed by atoms with E-state index < -0.39 is 29.6 Å². The number of allylic oxidation sites excluding steroid dienone is 1. The van der Waals surface area contributed by atoms with Crippen molar-refractivity contribution in [1.82, 2.24) is 0 Å². The first-order valence-corrected chi connectivity index (χ1v) is 12.7. The maximum absolute atomic E-state index is 15.2. The predicted octanol–water partition coefficient (Wildman–Crippen LogP) is 9.26. The van der Waals surface area contributed by atoms with Crippen molar-refractivity contribution < 1.29 is 31.1 Å². The van der Waals surface area contributed by atoms with E-state index in [2.05, 4.69) is 11.3 Å². The number of aryl methyl sites for hydroxylation is 3. The summed E-state index contributed by atoms with van der Waals surface area (Å²) in [6.07, 6.45) is 5.16. The molecular weight excluding hydrogens is 490 g/mol. The van der Waals surface area contributed by atoms with Gasteiger partial charge in [0.25, 0.3) is 0 Å². The lowest BCUT2D eigenvalue weighted by Gasteiger charge is -2.27. The van der Waals surface area contributed by atoms with Crippen LogP contribution in [0.1, 0.15) is 55.2 Å². The molecule has 0 saturated heterocycles. The fraction of sp³-hybridized carbons (Fsp3) is 0.400. The number of rotatable bonds is 9. The predicted molar refractivity (Wildman–Crippen MR) is 133 cm³/mol. The second-order valence-electron chi connectivity index (χ2n) is 9.98. The van der Waals surface area contributed by atoms with Crippen LogP contribution in [0, 0.1) is 29.3 Å². The molecule has 3 aromatic carbocycles. The van der Waals surface area contributed by atoms with Gasteiger partial charge in [-0.2, -0.15) is 0 Å². The number of ether oxygens (including phenoxy) is 1. The van der Waals surface area contributed by atoms with Crippen molar-refractivity contribution in [3.63, 3.8) is 0 Å². The first kappa shape index (κ1) is 27.1. The Hall–Kier alpha value is -2.96. The van der Waals surface area contributed by atoms with Gasteiger partial charge in [-0.1, -0.05) is 49.2 Å². The molecule has 3 aromatic rings. The molecule has 4 rings (SSSR count). The average Bonchev–Trinajstić information content (AvgIpc) is 2.85. The third-order valence-corrected chi connectivity index (χ3v) is 7.36. The average molecular weight is 521 g/mol. The lowest BCUT2D eigenvalue weighted by molar-refractivity contribution is -0.276. The summed E-state index contributed by atoms with van der Waals surface area (Å²) in [5, 5.41) is 1.26. The van der Waals surface area contributed by atoms with Crippen LogP contribution < -0.4 is 4.74 Å². The Bertz CT molecular complexity index is 1220. The summed E-state index contributed by atoms with van der Waals surface area (Å²) in [4.78, 5) is 0. The summed E-state index contributed by atoms with van der Waals surface area (Å²) in [6, 6.07) is 10.8. The van der Waals surface area contributed by atoms with E-state index in [9.17, 15) is 22.0 Å². The summed E-state index contributed by atoms with van der Waals surface area (Å²) in [5.74, 6) is -3.31. The van der Waals surface area contributed by atoms with Gasteiger partial charge in [-0.3, -0.25) is 0 Å². The molecule has 0 aliphatic heterocycles. The molecule has 7 heteroatoms. The molecule has 0 heterocycles. The number of hydrogen-bond donors (Lipinski definition) is 0. The van der Waals surface area contributed by atoms with Gasteiger partial charge in [0.2, 0.25) is 5.75 Å². The van der Waals surface area contributed by atoms with E-state index >= 15 is 4.39 Å². The molecule has 0 amide bonds. The molecule has 0 bridgehead atoms. The van der Waals surface area contributed by atoms with E-state index in [1.165, 1.54) is 31.2 Å². The Balaban J connectivity index is 1.38. The maximum atomic E-state index is 15.2. The summed E-state index contributed by atoms with van der Waals surface area (Å²) >= 11 is 0. The molecule has 0 unspecified atom stereocenters. The molecule has 1 nitrogen and oxygen atoms in total. The van der Waals surface area contributed by atoms with Crippen LogP contribution in [0.25, 0.3) is 10.8 Å². The highest BCUT2D eigenvalue weighted by atomic mass is 19.4. The zero-order chi connectivity index (χ0) is 26.6. The Morgan fingerprint density at radius 3 is 2.14 bits per heavy atom. The zero-order valence-corrected chi connectivity index (χ0v) is 20.5. The minimum Gasteiger partial charge on any atom is -0.399 e. The molecule has 0 spiro atoms. The molecule has 0 aromatic heterocycles. The molecule has 1 saturated carbocycles. The third kappa shape index (κ3) is 7.08. The summed E-state index contributed by atoms with van der Waals surface area (Å²) < 4.78 is 83.6. The topological polar surface area (TPSA) is 9.23 Å². The van der Waals surface area contributed by atoms with Crippen molar-refractivity contribution in [3.8, 4) is 5.75 Å². The first-order valence-electron chi connectivity index (χ1n) is 12.7. The lowest BCUT2D eigenvalue weighted by atomic mass is 9.78. The molecule has 1 aliphatic rings. The number of fused-ring (bicyclic) bond motifs is 1. The van der Waals surface area contributed by atoms with Crippen LogP contribution in [0.5, 0.6) is 5.75 Å². The van der Waals surface area contributed by atoms with Crippen molar-refractivity contribution >= 4 is 10.8 Å². The third-order valence-electron chi connectivity index (χ3n) is 7.36. The fourth-order valence-electron chi connectivity index (χ4n) is 5.35. The second-order valence-corrected chi connectivity index (χ2v) is 9.98. The molecule has 0 N–H and O–H groups in total. The molecule has 198 valence electrons. The Morgan fingerprint density at radius 1 is 0.811 bits per heavy atom. The fourth-order valence-corrected chi connectivity index (χ4v) is 5.35. The Kier molecular flexibility index (Phi) is 8.50. The molecular formula is C30H30F6O. The molecule has 37 heavy (non-hydrogen) atoms. The van der Waals surface area contributed by atoms with E-state index in [1.807, 2.05) is 24.3 Å². The van der Waals surface area contributed by atoms with Crippen LogP contribution in [0.2, 0.25) is 0 Å². The number of alkyl halides is 3. The smallest absolute Gasteiger partial charge is 0.399 e. The SMILES string of the molecule is C=CCC1CCC(CCc2ccc3c(F)c(CCc4cc(F)c(OC(F)(F)F)c(F)c4)ccc3c2)CC1. The van der Waals surface area contributed by atoms with Crippen LogP contribution in [-0.4, -0.2) is 6.36 Å². The monoisotopic (exact) mass is 520 g/mol. The summed E-state index contributed by atoms with van der Waals surface area (Å²) in [7, 11) is 0. The van der Waals surface area contributed by atoms with E-state index in [0.717, 1.165) is 48.6 Å². The largest absolute Gasteiger partial charge is 0.573 e. The van der Waals surface area contributed by atoms with Gasteiger partial charge in [0.05, 0.1) is 0 Å². The Labute approximate surface area is 213 Å². The molecule has 0 radical (unpaired) electrons. The highest BCUT2D eigenvalue weighted by Crippen LogP contribution is 2.34. The van der Waals surface area contributed by atoms with Gasteiger partial charge in [-0.25, -0.2) is 13.2 Å². The van der Waals surface area contributed by atoms with Crippen molar-refractivity contribution in [1.29, 1.82) is 0 Å². The normalized spacial score (nSPS) is 18.2. The van der Waals surface area contributed by atoms with Crippen molar-refractivity contribution in [2.45, 2.75) is 64.1 Å². The lowest BCUT2D eigenvalue weighted by Crippen LogP contribution is -2.19. The van der Waals surface area contributed by atoms with Crippen LogP contribution in [0.15, 0.2) is 55.1 Å². The maximum Gasteiger partial charge on any atom is 0.573 e. The Morgan fingerprint density at radius 2 is 1.49 bits per heavy atom. The van der Waals surface area contributed by atoms with E-state index in [-0.39, 0.29) is 18.4 Å². The van der Waals surface area contributed by atoms with Crippen LogP contribution in [0.4, 0.5) is 26.3 Å². The van der Waals surface area contributed by atoms with Gasteiger partial charge >= 0.3 is 6.36 Å². The van der Waals surface area contributed by atoms with E-state index in [1.54, 1.807) is 12.1 Å². The van der Waals surface area contributed by atoms with Crippen LogP contribution in [0.3, 0.4) is 0 Å². The van der Waals surface area contributed by atoms with Gasteiger partial charge in [-0.05, 0) is 91.0 Å². The zero-order valence-electron chi connectivity index (χ0n) is 20.5. The van der Waals surface area contributed by atoms with Gasteiger partial charge in [0.15, 0.2) is 11.6 Å². The van der Waals surface area contributed by atoms with Gasteiger partial charge in [-0.15, -0.1) is 19.8 Å². The number of benzene rings is 3. The quantitative estimate of drug-likeness (QED) is 0.202. The highest BCUT2D eigenvalue weighted by Gasteiger charge is 2.34. The highest BCUT2D eigenvalue weighted by molar-refractivity contribution is 5.84. The minimum atomic E-state index is -5.21. The van der Waals surface area contributed by atoms with Crippen molar-refractivity contribution in [2.24, 2.45) is 11.8 Å². The van der Waals surface area contributed by atoms with E-state index in [0.29, 0.717) is 10.9 Å². The minimum absolute atomic E-state index is 0.0513. The van der Waals surface area contributed by atoms with Gasteiger partial charge in [0.1, 0.15) is 5.82 Å². The summed E-state index contributed by atoms with van der Waals surface area (Å²) in [6.45, 7) is 3.84. The van der Waals surface area contributed by atoms with Gasteiger partial charge in [0, 0.05) is 5.39 Å². The van der Waals surface area contributed by atoms with E-state index in [4.69, 9.17) is 0 Å².